The van der Waals surface area contributed by atoms with E-state index in [1.165, 1.54) is 6.07 Å². The van der Waals surface area contributed by atoms with Crippen molar-refractivity contribution in [3.8, 4) is 0 Å². The third-order valence-corrected chi connectivity index (χ3v) is 3.32. The Balaban J connectivity index is 1.89. The number of aromatic nitrogens is 1. The highest BCUT2D eigenvalue weighted by Gasteiger charge is 2.04. The van der Waals surface area contributed by atoms with Gasteiger partial charge >= 0.3 is 0 Å². The van der Waals surface area contributed by atoms with E-state index in [0.29, 0.717) is 12.1 Å². The minimum absolute atomic E-state index is 0.179. The molecule has 0 saturated carbocycles. The standard InChI is InChI=1S/C17H15FN2/c1-12-7-8-15(18)13(10-12)11-20-17-6-2-5-16-14(17)4-3-9-19-16/h2-10,20H,11H2,1H3. The van der Waals surface area contributed by atoms with Crippen molar-refractivity contribution in [2.24, 2.45) is 0 Å². The van der Waals surface area contributed by atoms with E-state index in [9.17, 15) is 4.39 Å². The third-order valence-electron chi connectivity index (χ3n) is 3.32. The van der Waals surface area contributed by atoms with Crippen LogP contribution in [0.2, 0.25) is 0 Å². The fourth-order valence-electron chi connectivity index (χ4n) is 2.29. The maximum absolute atomic E-state index is 13.7. The van der Waals surface area contributed by atoms with E-state index in [1.54, 1.807) is 12.3 Å². The normalized spacial score (nSPS) is 10.7. The topological polar surface area (TPSA) is 24.9 Å². The Bertz CT molecular complexity index is 748. The van der Waals surface area contributed by atoms with E-state index in [2.05, 4.69) is 10.3 Å². The van der Waals surface area contributed by atoms with Crippen molar-refractivity contribution in [3.63, 3.8) is 0 Å². The summed E-state index contributed by atoms with van der Waals surface area (Å²) in [6, 6.07) is 15.0. The van der Waals surface area contributed by atoms with Gasteiger partial charge in [0.2, 0.25) is 0 Å². The first-order valence-electron chi connectivity index (χ1n) is 6.57. The van der Waals surface area contributed by atoms with Gasteiger partial charge in [0.15, 0.2) is 0 Å². The molecule has 0 bridgehead atoms. The van der Waals surface area contributed by atoms with Gasteiger partial charge in [-0.1, -0.05) is 23.8 Å². The first-order chi connectivity index (χ1) is 9.74. The van der Waals surface area contributed by atoms with Crippen molar-refractivity contribution in [3.05, 3.63) is 71.7 Å². The molecule has 0 unspecified atom stereocenters. The van der Waals surface area contributed by atoms with E-state index >= 15 is 0 Å². The van der Waals surface area contributed by atoms with Crippen molar-refractivity contribution in [2.45, 2.75) is 13.5 Å². The molecule has 0 aliphatic heterocycles. The van der Waals surface area contributed by atoms with E-state index in [1.807, 2.05) is 43.3 Å². The van der Waals surface area contributed by atoms with E-state index < -0.39 is 0 Å². The van der Waals surface area contributed by atoms with Gasteiger partial charge in [-0.25, -0.2) is 4.39 Å². The van der Waals surface area contributed by atoms with Crippen LogP contribution < -0.4 is 5.32 Å². The fourth-order valence-corrected chi connectivity index (χ4v) is 2.29. The minimum Gasteiger partial charge on any atom is -0.380 e. The highest BCUT2D eigenvalue weighted by Crippen LogP contribution is 2.22. The summed E-state index contributed by atoms with van der Waals surface area (Å²) in [5.74, 6) is -0.179. The smallest absolute Gasteiger partial charge is 0.128 e. The van der Waals surface area contributed by atoms with Crippen LogP contribution in [-0.2, 0) is 6.54 Å². The Kier molecular flexibility index (Phi) is 3.33. The second-order valence-electron chi connectivity index (χ2n) is 4.82. The van der Waals surface area contributed by atoms with Gasteiger partial charge in [-0.15, -0.1) is 0 Å². The fraction of sp³-hybridized carbons (Fsp3) is 0.118. The monoisotopic (exact) mass is 266 g/mol. The molecule has 1 N–H and O–H groups in total. The van der Waals surface area contributed by atoms with Gasteiger partial charge in [0.25, 0.3) is 0 Å². The number of nitrogens with zero attached hydrogens (tertiary/aromatic N) is 1. The highest BCUT2D eigenvalue weighted by molar-refractivity contribution is 5.91. The molecule has 1 aromatic heterocycles. The number of hydrogen-bond donors (Lipinski definition) is 1. The molecule has 0 atom stereocenters. The molecule has 0 aliphatic rings. The zero-order valence-corrected chi connectivity index (χ0v) is 11.2. The molecule has 3 heteroatoms. The molecule has 3 rings (SSSR count). The predicted octanol–water partition coefficient (Wildman–Crippen LogP) is 4.29. The lowest BCUT2D eigenvalue weighted by Gasteiger charge is -2.10. The van der Waals surface area contributed by atoms with Gasteiger partial charge in [0, 0.05) is 29.4 Å². The zero-order chi connectivity index (χ0) is 13.9. The summed E-state index contributed by atoms with van der Waals surface area (Å²) in [5, 5.41) is 4.34. The maximum Gasteiger partial charge on any atom is 0.128 e. The van der Waals surface area contributed by atoms with Gasteiger partial charge in [-0.3, -0.25) is 4.98 Å². The second-order valence-corrected chi connectivity index (χ2v) is 4.82. The molecule has 100 valence electrons. The molecule has 0 spiro atoms. The maximum atomic E-state index is 13.7. The highest BCUT2D eigenvalue weighted by atomic mass is 19.1. The Morgan fingerprint density at radius 2 is 2.00 bits per heavy atom. The number of fused-ring (bicyclic) bond motifs is 1. The van der Waals surface area contributed by atoms with Gasteiger partial charge in [-0.2, -0.15) is 0 Å². The molecule has 0 fully saturated rings. The van der Waals surface area contributed by atoms with Crippen LogP contribution in [0.1, 0.15) is 11.1 Å². The molecule has 1 heterocycles. The number of benzene rings is 2. The number of halogens is 1. The van der Waals surface area contributed by atoms with E-state index in [-0.39, 0.29) is 5.82 Å². The van der Waals surface area contributed by atoms with Gasteiger partial charge in [-0.05, 0) is 37.3 Å². The summed E-state index contributed by atoms with van der Waals surface area (Å²) >= 11 is 0. The first kappa shape index (κ1) is 12.6. The van der Waals surface area contributed by atoms with Crippen LogP contribution in [0.25, 0.3) is 10.9 Å². The van der Waals surface area contributed by atoms with Crippen molar-refractivity contribution >= 4 is 16.6 Å². The first-order valence-corrected chi connectivity index (χ1v) is 6.57. The van der Waals surface area contributed by atoms with Crippen LogP contribution in [-0.4, -0.2) is 4.98 Å². The molecule has 2 nitrogen and oxygen atoms in total. The lowest BCUT2D eigenvalue weighted by atomic mass is 10.1. The van der Waals surface area contributed by atoms with Gasteiger partial charge in [0.05, 0.1) is 5.52 Å². The molecule has 0 amide bonds. The Labute approximate surface area is 117 Å². The summed E-state index contributed by atoms with van der Waals surface area (Å²) in [6.45, 7) is 2.42. The van der Waals surface area contributed by atoms with Gasteiger partial charge in [0.1, 0.15) is 5.82 Å². The number of hydrogen-bond acceptors (Lipinski definition) is 2. The van der Waals surface area contributed by atoms with Crippen LogP contribution in [0.5, 0.6) is 0 Å². The predicted molar refractivity (Wildman–Crippen MR) is 80.2 cm³/mol. The Morgan fingerprint density at radius 1 is 1.10 bits per heavy atom. The number of pyridine rings is 1. The third kappa shape index (κ3) is 2.48. The number of anilines is 1. The molecular formula is C17H15FN2. The summed E-state index contributed by atoms with van der Waals surface area (Å²) < 4.78 is 13.7. The molecule has 0 radical (unpaired) electrons. The number of nitrogens with one attached hydrogen (secondary N) is 1. The van der Waals surface area contributed by atoms with Crippen LogP contribution in [0.3, 0.4) is 0 Å². The van der Waals surface area contributed by atoms with Crippen LogP contribution in [0, 0.1) is 12.7 Å². The molecule has 3 aromatic rings. The van der Waals surface area contributed by atoms with E-state index in [0.717, 1.165) is 22.2 Å². The number of aryl methyl sites for hydroxylation is 1. The largest absolute Gasteiger partial charge is 0.380 e. The molecular weight excluding hydrogens is 251 g/mol. The van der Waals surface area contributed by atoms with E-state index in [4.69, 9.17) is 0 Å². The Hall–Kier alpha value is -2.42. The van der Waals surface area contributed by atoms with Crippen molar-refractivity contribution in [1.29, 1.82) is 0 Å². The molecule has 20 heavy (non-hydrogen) atoms. The average Bonchev–Trinajstić information content (AvgIpc) is 2.48. The lowest BCUT2D eigenvalue weighted by molar-refractivity contribution is 0.612. The average molecular weight is 266 g/mol. The summed E-state index contributed by atoms with van der Waals surface area (Å²) in [7, 11) is 0. The Morgan fingerprint density at radius 3 is 2.90 bits per heavy atom. The van der Waals surface area contributed by atoms with Crippen LogP contribution in [0.4, 0.5) is 10.1 Å². The second kappa shape index (κ2) is 5.29. The summed E-state index contributed by atoms with van der Waals surface area (Å²) in [6.07, 6.45) is 1.77. The lowest BCUT2D eigenvalue weighted by Crippen LogP contribution is -2.02. The van der Waals surface area contributed by atoms with Gasteiger partial charge < -0.3 is 5.32 Å². The quantitative estimate of drug-likeness (QED) is 0.764. The molecule has 0 aliphatic carbocycles. The van der Waals surface area contributed by atoms with Crippen LogP contribution in [0.15, 0.2) is 54.7 Å². The summed E-state index contributed by atoms with van der Waals surface area (Å²) in [5.41, 5.74) is 3.63. The van der Waals surface area contributed by atoms with Crippen molar-refractivity contribution < 1.29 is 4.39 Å². The number of rotatable bonds is 3. The zero-order valence-electron chi connectivity index (χ0n) is 11.2. The van der Waals surface area contributed by atoms with Crippen LogP contribution >= 0.6 is 0 Å². The van der Waals surface area contributed by atoms with Crippen molar-refractivity contribution in [2.75, 3.05) is 5.32 Å². The SMILES string of the molecule is Cc1ccc(F)c(CNc2cccc3ncccc23)c1. The molecule has 0 saturated heterocycles. The molecule has 2 aromatic carbocycles. The minimum atomic E-state index is -0.179. The summed E-state index contributed by atoms with van der Waals surface area (Å²) in [4.78, 5) is 4.31. The van der Waals surface area contributed by atoms with Crippen molar-refractivity contribution in [1.82, 2.24) is 4.98 Å².